The van der Waals surface area contributed by atoms with Crippen LogP contribution in [0.5, 0.6) is 0 Å². The minimum absolute atomic E-state index is 0.0712. The molecule has 0 radical (unpaired) electrons. The first kappa shape index (κ1) is 15.5. The summed E-state index contributed by atoms with van der Waals surface area (Å²) < 4.78 is 5.88. The molecule has 22 heavy (non-hydrogen) atoms. The molecule has 0 amide bonds. The fourth-order valence-corrected chi connectivity index (χ4v) is 4.58. The highest BCUT2D eigenvalue weighted by molar-refractivity contribution is 6.04. The van der Waals surface area contributed by atoms with Gasteiger partial charge < -0.3 is 4.74 Å². The lowest BCUT2D eigenvalue weighted by atomic mass is 9.60. The lowest BCUT2D eigenvalue weighted by Gasteiger charge is -2.45. The van der Waals surface area contributed by atoms with Gasteiger partial charge in [0.05, 0.1) is 5.41 Å². The van der Waals surface area contributed by atoms with Crippen molar-refractivity contribution in [3.63, 3.8) is 0 Å². The van der Waals surface area contributed by atoms with Crippen LogP contribution in [0.25, 0.3) is 0 Å². The number of cyclic esters (lactones) is 1. The molecule has 1 saturated heterocycles. The van der Waals surface area contributed by atoms with Crippen LogP contribution in [0.4, 0.5) is 0 Å². The van der Waals surface area contributed by atoms with Crippen molar-refractivity contribution in [2.24, 2.45) is 21.7 Å². The van der Waals surface area contributed by atoms with Crippen molar-refractivity contribution in [2.45, 2.75) is 59.0 Å². The van der Waals surface area contributed by atoms with Crippen molar-refractivity contribution >= 4 is 11.7 Å². The Kier molecular flexibility index (Phi) is 3.58. The van der Waals surface area contributed by atoms with Gasteiger partial charge in [-0.25, -0.2) is 0 Å². The highest BCUT2D eigenvalue weighted by Gasteiger charge is 2.56. The minimum atomic E-state index is -0.548. The number of allylic oxidation sites excluding steroid dienone is 1. The number of carbonyl (C=O) groups is 1. The van der Waals surface area contributed by atoms with Gasteiger partial charge in [0.2, 0.25) is 0 Å². The van der Waals surface area contributed by atoms with Gasteiger partial charge in [-0.05, 0) is 44.1 Å². The Morgan fingerprint density at radius 3 is 2.64 bits per heavy atom. The zero-order chi connectivity index (χ0) is 16.1. The van der Waals surface area contributed by atoms with Crippen LogP contribution in [0.3, 0.4) is 0 Å². The molecule has 1 fully saturated rings. The molecule has 0 aromatic carbocycles. The van der Waals surface area contributed by atoms with E-state index in [4.69, 9.17) is 4.74 Å². The van der Waals surface area contributed by atoms with Crippen molar-refractivity contribution in [3.05, 3.63) is 23.8 Å². The molecule has 0 spiro atoms. The summed E-state index contributed by atoms with van der Waals surface area (Å²) in [7, 11) is 1.89. The van der Waals surface area contributed by atoms with E-state index < -0.39 is 5.41 Å². The molecular formula is C19H27NO2. The minimum Gasteiger partial charge on any atom is -0.461 e. The largest absolute Gasteiger partial charge is 0.461 e. The van der Waals surface area contributed by atoms with Crippen molar-refractivity contribution < 1.29 is 9.53 Å². The second kappa shape index (κ2) is 5.07. The van der Waals surface area contributed by atoms with Crippen LogP contribution < -0.4 is 0 Å². The Morgan fingerprint density at radius 1 is 1.32 bits per heavy atom. The molecule has 2 aliphatic carbocycles. The molecular weight excluding hydrogens is 274 g/mol. The van der Waals surface area contributed by atoms with Gasteiger partial charge in [-0.1, -0.05) is 25.5 Å². The number of rotatable bonds is 2. The van der Waals surface area contributed by atoms with Crippen LogP contribution in [0, 0.1) is 16.7 Å². The number of aliphatic imine (C=N–C) groups is 1. The maximum absolute atomic E-state index is 12.3. The van der Waals surface area contributed by atoms with E-state index in [-0.39, 0.29) is 17.5 Å². The third-order valence-electron chi connectivity index (χ3n) is 6.46. The fourth-order valence-electron chi connectivity index (χ4n) is 4.58. The summed E-state index contributed by atoms with van der Waals surface area (Å²) in [6.45, 7) is 10.4. The van der Waals surface area contributed by atoms with Crippen molar-refractivity contribution in [1.29, 1.82) is 0 Å². The van der Waals surface area contributed by atoms with E-state index in [9.17, 15) is 4.79 Å². The number of carbonyl (C=O) groups excluding carboxylic acids is 1. The summed E-state index contributed by atoms with van der Waals surface area (Å²) in [6.07, 6.45) is 6.93. The molecule has 3 aliphatic rings. The average molecular weight is 301 g/mol. The highest BCUT2D eigenvalue weighted by atomic mass is 16.6. The summed E-state index contributed by atoms with van der Waals surface area (Å²) in [6, 6.07) is 0. The number of esters is 1. The number of hydrogen-bond acceptors (Lipinski definition) is 3. The molecule has 0 saturated carbocycles. The molecule has 0 aromatic rings. The van der Waals surface area contributed by atoms with Gasteiger partial charge >= 0.3 is 5.97 Å². The van der Waals surface area contributed by atoms with Crippen molar-refractivity contribution in [2.75, 3.05) is 7.05 Å². The maximum atomic E-state index is 12.3. The molecule has 3 heteroatoms. The van der Waals surface area contributed by atoms with Gasteiger partial charge in [0.25, 0.3) is 0 Å². The number of hydrogen-bond donors (Lipinski definition) is 0. The third kappa shape index (κ3) is 1.94. The first-order valence-corrected chi connectivity index (χ1v) is 8.40. The van der Waals surface area contributed by atoms with Gasteiger partial charge in [-0.2, -0.15) is 0 Å². The van der Waals surface area contributed by atoms with Gasteiger partial charge in [0, 0.05) is 24.6 Å². The zero-order valence-electron chi connectivity index (χ0n) is 14.2. The lowest BCUT2D eigenvalue weighted by molar-refractivity contribution is -0.150. The quantitative estimate of drug-likeness (QED) is 0.569. The first-order chi connectivity index (χ1) is 10.4. The Bertz CT molecular complexity index is 588. The summed E-state index contributed by atoms with van der Waals surface area (Å²) in [5, 5.41) is 0. The van der Waals surface area contributed by atoms with Gasteiger partial charge in [0.1, 0.15) is 6.10 Å². The Morgan fingerprint density at radius 2 is 2.05 bits per heavy atom. The second-order valence-corrected chi connectivity index (χ2v) is 7.59. The summed E-state index contributed by atoms with van der Waals surface area (Å²) >= 11 is 0. The zero-order valence-corrected chi connectivity index (χ0v) is 14.2. The summed E-state index contributed by atoms with van der Waals surface area (Å²) in [4.78, 5) is 16.9. The number of nitrogens with zero attached hydrogens (tertiary/aromatic N) is 1. The van der Waals surface area contributed by atoms with E-state index in [0.717, 1.165) is 19.3 Å². The van der Waals surface area contributed by atoms with Gasteiger partial charge in [-0.15, -0.1) is 6.58 Å². The Labute approximate surface area is 133 Å². The Hall–Kier alpha value is -1.38. The normalized spacial score (nSPS) is 43.5. The summed E-state index contributed by atoms with van der Waals surface area (Å²) in [5.41, 5.74) is 3.51. The van der Waals surface area contributed by atoms with E-state index in [2.05, 4.69) is 25.4 Å². The molecule has 0 bridgehead atoms. The molecule has 120 valence electrons. The number of ether oxygens (including phenoxy) is 1. The molecule has 0 N–H and O–H groups in total. The van der Waals surface area contributed by atoms with Crippen LogP contribution in [-0.2, 0) is 9.53 Å². The topological polar surface area (TPSA) is 38.7 Å². The monoisotopic (exact) mass is 301 g/mol. The lowest BCUT2D eigenvalue weighted by Crippen LogP contribution is -2.44. The van der Waals surface area contributed by atoms with Crippen molar-refractivity contribution in [1.82, 2.24) is 0 Å². The average Bonchev–Trinajstić information content (AvgIpc) is 3.06. The highest BCUT2D eigenvalue weighted by Crippen LogP contribution is 2.56. The second-order valence-electron chi connectivity index (χ2n) is 7.59. The maximum Gasteiger partial charge on any atom is 0.316 e. The third-order valence-corrected chi connectivity index (χ3v) is 6.46. The van der Waals surface area contributed by atoms with Crippen LogP contribution in [0.2, 0.25) is 0 Å². The smallest absolute Gasteiger partial charge is 0.316 e. The van der Waals surface area contributed by atoms with E-state index in [1.54, 1.807) is 11.6 Å². The molecule has 3 nitrogen and oxygen atoms in total. The van der Waals surface area contributed by atoms with Gasteiger partial charge in [-0.3, -0.25) is 9.79 Å². The fraction of sp³-hybridized carbons (Fsp3) is 0.684. The van der Waals surface area contributed by atoms with E-state index >= 15 is 0 Å². The standard InChI is InChI=1S/C19H27NO2/c1-6-18(3)11-15(22-17(18)21)19(4)12(2)7-8-13-9-10-14(20-5)16(13)19/h6,12,15H,1,7-11H2,2-5H3/t12-,15-,18-,19+/m1/s1. The van der Waals surface area contributed by atoms with Gasteiger partial charge in [0.15, 0.2) is 0 Å². The van der Waals surface area contributed by atoms with Crippen molar-refractivity contribution in [3.8, 4) is 0 Å². The van der Waals surface area contributed by atoms with E-state index in [1.807, 2.05) is 14.0 Å². The van der Waals surface area contributed by atoms with Crippen LogP contribution in [0.1, 0.15) is 52.9 Å². The predicted molar refractivity (Wildman–Crippen MR) is 88.9 cm³/mol. The van der Waals surface area contributed by atoms with Crippen LogP contribution >= 0.6 is 0 Å². The molecule has 3 rings (SSSR count). The molecule has 4 atom stereocenters. The molecule has 1 aliphatic heterocycles. The van der Waals surface area contributed by atoms with E-state index in [0.29, 0.717) is 5.92 Å². The molecule has 0 aromatic heterocycles. The SMILES string of the molecule is C=C[C@]1(C)C[C@H]([C@@]2(C)C3=C(CCC3=NC)CC[C@H]2C)OC1=O. The molecule has 0 unspecified atom stereocenters. The predicted octanol–water partition coefficient (Wildman–Crippen LogP) is 4.09. The molecule has 1 heterocycles. The first-order valence-electron chi connectivity index (χ1n) is 8.40. The van der Waals surface area contributed by atoms with E-state index in [1.165, 1.54) is 24.1 Å². The Balaban J connectivity index is 2.05. The van der Waals surface area contributed by atoms with Crippen LogP contribution in [0.15, 0.2) is 28.8 Å². The van der Waals surface area contributed by atoms with Crippen LogP contribution in [-0.4, -0.2) is 24.8 Å². The summed E-state index contributed by atoms with van der Waals surface area (Å²) in [5.74, 6) is 0.368.